The molecular weight excluding hydrogens is 272 g/mol. The van der Waals surface area contributed by atoms with Crippen molar-refractivity contribution in [1.29, 1.82) is 0 Å². The van der Waals surface area contributed by atoms with Crippen LogP contribution in [0.3, 0.4) is 0 Å². The molecule has 1 saturated heterocycles. The number of nitrogens with zero attached hydrogens (tertiary/aromatic N) is 2. The van der Waals surface area contributed by atoms with Gasteiger partial charge < -0.3 is 21.1 Å². The van der Waals surface area contributed by atoms with Crippen molar-refractivity contribution < 1.29 is 14.7 Å². The molecule has 21 heavy (non-hydrogen) atoms. The van der Waals surface area contributed by atoms with Gasteiger partial charge in [-0.05, 0) is 31.4 Å². The molecule has 0 saturated carbocycles. The zero-order valence-corrected chi connectivity index (χ0v) is 11.8. The molecule has 114 valence electrons. The fourth-order valence-electron chi connectivity index (χ4n) is 2.32. The first-order chi connectivity index (χ1) is 10.1. The quantitative estimate of drug-likeness (QED) is 0.752. The molecule has 0 unspecified atom stereocenters. The van der Waals surface area contributed by atoms with E-state index in [1.165, 1.54) is 18.6 Å². The van der Waals surface area contributed by atoms with Gasteiger partial charge in [0.2, 0.25) is 5.91 Å². The summed E-state index contributed by atoms with van der Waals surface area (Å²) in [5.41, 5.74) is 6.03. The molecule has 0 radical (unpaired) electrons. The summed E-state index contributed by atoms with van der Waals surface area (Å²) in [6.07, 6.45) is 3.66. The highest BCUT2D eigenvalue weighted by Gasteiger charge is 2.16. The second-order valence-electron chi connectivity index (χ2n) is 5.06. The highest BCUT2D eigenvalue weighted by molar-refractivity contribution is 5.86. The zero-order chi connectivity index (χ0) is 15.2. The summed E-state index contributed by atoms with van der Waals surface area (Å²) in [6.45, 7) is 2.04. The lowest BCUT2D eigenvalue weighted by Gasteiger charge is -2.26. The molecule has 1 aromatic heterocycles. The molecule has 7 nitrogen and oxygen atoms in total. The van der Waals surface area contributed by atoms with E-state index in [1.807, 2.05) is 4.90 Å². The average molecular weight is 292 g/mol. The third-order valence-electron chi connectivity index (χ3n) is 3.49. The van der Waals surface area contributed by atoms with E-state index in [2.05, 4.69) is 10.3 Å². The van der Waals surface area contributed by atoms with Crippen LogP contribution in [0.25, 0.3) is 0 Å². The molecule has 2 rings (SSSR count). The Morgan fingerprint density at radius 2 is 2.00 bits per heavy atom. The van der Waals surface area contributed by atoms with Gasteiger partial charge >= 0.3 is 5.97 Å². The van der Waals surface area contributed by atoms with E-state index in [1.54, 1.807) is 0 Å². The fourth-order valence-corrected chi connectivity index (χ4v) is 2.32. The number of aromatic carboxylic acids is 1. The normalized spacial score (nSPS) is 14.8. The molecule has 0 bridgehead atoms. The van der Waals surface area contributed by atoms with E-state index in [4.69, 9.17) is 10.8 Å². The molecule has 7 heteroatoms. The number of nitrogens with one attached hydrogen (secondary N) is 1. The van der Waals surface area contributed by atoms with E-state index in [0.29, 0.717) is 24.5 Å². The van der Waals surface area contributed by atoms with E-state index in [0.717, 1.165) is 25.9 Å². The molecule has 2 heterocycles. The largest absolute Gasteiger partial charge is 0.477 e. The first-order valence-electron chi connectivity index (χ1n) is 7.09. The van der Waals surface area contributed by atoms with Crippen LogP contribution in [0.5, 0.6) is 0 Å². The zero-order valence-electron chi connectivity index (χ0n) is 11.8. The number of anilines is 2. The number of rotatable bonds is 5. The Hall–Kier alpha value is -2.31. The molecule has 0 aromatic carbocycles. The molecule has 0 aliphatic carbocycles. The third-order valence-corrected chi connectivity index (χ3v) is 3.49. The summed E-state index contributed by atoms with van der Waals surface area (Å²) < 4.78 is 0. The highest BCUT2D eigenvalue weighted by atomic mass is 16.4. The Labute approximate surface area is 123 Å². The summed E-state index contributed by atoms with van der Waals surface area (Å²) in [5.74, 6) is -0.695. The lowest BCUT2D eigenvalue weighted by molar-refractivity contribution is -0.131. The molecule has 1 aromatic rings. The minimum atomic E-state index is -1.11. The lowest BCUT2D eigenvalue weighted by atomic mass is 10.1. The van der Waals surface area contributed by atoms with Gasteiger partial charge in [-0.25, -0.2) is 9.78 Å². The van der Waals surface area contributed by atoms with Gasteiger partial charge in [0.25, 0.3) is 0 Å². The molecule has 1 aliphatic rings. The van der Waals surface area contributed by atoms with Gasteiger partial charge in [-0.2, -0.15) is 0 Å². The van der Waals surface area contributed by atoms with Gasteiger partial charge in [-0.15, -0.1) is 0 Å². The minimum Gasteiger partial charge on any atom is -0.477 e. The minimum absolute atomic E-state index is 0.0749. The molecule has 1 amide bonds. The smallest absolute Gasteiger partial charge is 0.354 e. The summed E-state index contributed by atoms with van der Waals surface area (Å²) in [6, 6.07) is 2.84. The fraction of sp³-hybridized carbons (Fsp3) is 0.500. The molecular formula is C14H20N4O3. The number of likely N-dealkylation sites (tertiary alicyclic amines) is 1. The number of piperidine rings is 1. The van der Waals surface area contributed by atoms with Crippen molar-refractivity contribution >= 4 is 23.4 Å². The standard InChI is InChI=1S/C14H20N4O3/c15-10-4-5-11(14(20)21)17-13(10)16-7-6-12(19)18-8-2-1-3-9-18/h4-5H,1-3,6-9,15H2,(H,16,17)(H,20,21). The number of carboxylic acids is 1. The maximum atomic E-state index is 12.0. The van der Waals surface area contributed by atoms with Gasteiger partial charge in [-0.1, -0.05) is 0 Å². The Balaban J connectivity index is 1.86. The number of hydrogen-bond donors (Lipinski definition) is 3. The lowest BCUT2D eigenvalue weighted by Crippen LogP contribution is -2.36. The monoisotopic (exact) mass is 292 g/mol. The number of carboxylic acid groups (broad SMARTS) is 1. The van der Waals surface area contributed by atoms with Gasteiger partial charge in [0, 0.05) is 26.1 Å². The van der Waals surface area contributed by atoms with Crippen LogP contribution in [0.15, 0.2) is 12.1 Å². The van der Waals surface area contributed by atoms with Crippen molar-refractivity contribution in [2.45, 2.75) is 25.7 Å². The Morgan fingerprint density at radius 1 is 1.29 bits per heavy atom. The van der Waals surface area contributed by atoms with Crippen molar-refractivity contribution in [2.75, 3.05) is 30.7 Å². The predicted octanol–water partition coefficient (Wildman–Crippen LogP) is 1.18. The molecule has 0 atom stereocenters. The van der Waals surface area contributed by atoms with E-state index in [9.17, 15) is 9.59 Å². The van der Waals surface area contributed by atoms with Crippen molar-refractivity contribution in [1.82, 2.24) is 9.88 Å². The second-order valence-corrected chi connectivity index (χ2v) is 5.06. The van der Waals surface area contributed by atoms with Gasteiger partial charge in [0.15, 0.2) is 5.69 Å². The molecule has 0 spiro atoms. The van der Waals surface area contributed by atoms with E-state index < -0.39 is 5.97 Å². The Bertz CT molecular complexity index is 527. The summed E-state index contributed by atoms with van der Waals surface area (Å²) in [5, 5.41) is 11.8. The highest BCUT2D eigenvalue weighted by Crippen LogP contribution is 2.16. The van der Waals surface area contributed by atoms with Crippen LogP contribution < -0.4 is 11.1 Å². The third kappa shape index (κ3) is 4.08. The van der Waals surface area contributed by atoms with Crippen LogP contribution in [0, 0.1) is 0 Å². The summed E-state index contributed by atoms with van der Waals surface area (Å²) in [4.78, 5) is 28.6. The molecule has 1 fully saturated rings. The maximum absolute atomic E-state index is 12.0. The van der Waals surface area contributed by atoms with Crippen LogP contribution >= 0.6 is 0 Å². The van der Waals surface area contributed by atoms with Crippen LogP contribution in [-0.2, 0) is 4.79 Å². The van der Waals surface area contributed by atoms with Crippen molar-refractivity contribution in [3.63, 3.8) is 0 Å². The number of hydrogen-bond acceptors (Lipinski definition) is 5. The van der Waals surface area contributed by atoms with E-state index in [-0.39, 0.29) is 11.6 Å². The molecule has 4 N–H and O–H groups in total. The average Bonchev–Trinajstić information content (AvgIpc) is 2.49. The number of nitrogens with two attached hydrogens (primary N) is 1. The second kappa shape index (κ2) is 6.92. The van der Waals surface area contributed by atoms with Crippen molar-refractivity contribution in [2.24, 2.45) is 0 Å². The van der Waals surface area contributed by atoms with Crippen molar-refractivity contribution in [3.8, 4) is 0 Å². The van der Waals surface area contributed by atoms with Gasteiger partial charge in [0.05, 0.1) is 5.69 Å². The van der Waals surface area contributed by atoms with Crippen LogP contribution in [0.4, 0.5) is 11.5 Å². The van der Waals surface area contributed by atoms with Crippen molar-refractivity contribution in [3.05, 3.63) is 17.8 Å². The number of pyridine rings is 1. The SMILES string of the molecule is Nc1ccc(C(=O)O)nc1NCCC(=O)N1CCCCC1. The Kier molecular flexibility index (Phi) is 4.97. The van der Waals surface area contributed by atoms with E-state index >= 15 is 0 Å². The number of amides is 1. The van der Waals surface area contributed by atoms with Crippen LogP contribution in [-0.4, -0.2) is 46.5 Å². The summed E-state index contributed by atoms with van der Waals surface area (Å²) >= 11 is 0. The molecule has 1 aliphatic heterocycles. The maximum Gasteiger partial charge on any atom is 0.354 e. The van der Waals surface area contributed by atoms with Crippen LogP contribution in [0.1, 0.15) is 36.2 Å². The van der Waals surface area contributed by atoms with Gasteiger partial charge in [-0.3, -0.25) is 4.79 Å². The Morgan fingerprint density at radius 3 is 2.67 bits per heavy atom. The van der Waals surface area contributed by atoms with Gasteiger partial charge in [0.1, 0.15) is 5.82 Å². The van der Waals surface area contributed by atoms with Crippen LogP contribution in [0.2, 0.25) is 0 Å². The number of carbonyl (C=O) groups is 2. The topological polar surface area (TPSA) is 109 Å². The predicted molar refractivity (Wildman–Crippen MR) is 79.1 cm³/mol. The number of carbonyl (C=O) groups excluding carboxylic acids is 1. The summed E-state index contributed by atoms with van der Waals surface area (Å²) in [7, 11) is 0. The first-order valence-corrected chi connectivity index (χ1v) is 7.09. The first kappa shape index (κ1) is 15.1. The number of aromatic nitrogens is 1. The number of nitrogen functional groups attached to an aromatic ring is 1.